The predicted molar refractivity (Wildman–Crippen MR) is 122 cm³/mol. The van der Waals surface area contributed by atoms with E-state index in [9.17, 15) is 9.59 Å². The molecule has 2 heterocycles. The number of carbonyl (C=O) groups excluding carboxylic acids is 2. The fourth-order valence-corrected chi connectivity index (χ4v) is 4.26. The molecule has 7 nitrogen and oxygen atoms in total. The van der Waals surface area contributed by atoms with Crippen LogP contribution in [0.25, 0.3) is 11.3 Å². The van der Waals surface area contributed by atoms with Crippen LogP contribution >= 0.6 is 34.5 Å². The number of carbonyl (C=O) groups is 2. The normalized spacial score (nSPS) is 13.6. The van der Waals surface area contributed by atoms with Crippen LogP contribution in [0.4, 0.5) is 10.8 Å². The highest BCUT2D eigenvalue weighted by molar-refractivity contribution is 7.16. The van der Waals surface area contributed by atoms with E-state index < -0.39 is 6.10 Å². The maximum Gasteiger partial charge on any atom is 0.266 e. The Labute approximate surface area is 192 Å². The highest BCUT2D eigenvalue weighted by Crippen LogP contribution is 2.36. The van der Waals surface area contributed by atoms with Crippen LogP contribution in [0.2, 0.25) is 10.0 Å². The summed E-state index contributed by atoms with van der Waals surface area (Å²) in [6.07, 6.45) is -0.803. The van der Waals surface area contributed by atoms with Gasteiger partial charge in [0.05, 0.1) is 16.4 Å². The minimum absolute atomic E-state index is 0.000255. The van der Waals surface area contributed by atoms with Gasteiger partial charge in [-0.25, -0.2) is 4.98 Å². The molecule has 0 bridgehead atoms. The summed E-state index contributed by atoms with van der Waals surface area (Å²) < 4.78 is 11.0. The lowest BCUT2D eigenvalue weighted by Gasteiger charge is -2.18. The monoisotopic (exact) mass is 477 g/mol. The van der Waals surface area contributed by atoms with Crippen LogP contribution in [-0.2, 0) is 9.59 Å². The van der Waals surface area contributed by atoms with E-state index >= 15 is 0 Å². The van der Waals surface area contributed by atoms with Crippen molar-refractivity contribution in [2.45, 2.75) is 20.0 Å². The molecular formula is C21H17Cl2N3O4S. The third-order valence-electron chi connectivity index (χ3n) is 4.48. The molecule has 1 aliphatic rings. The van der Waals surface area contributed by atoms with Crippen LogP contribution in [0.3, 0.4) is 0 Å². The van der Waals surface area contributed by atoms with E-state index in [1.54, 1.807) is 37.3 Å². The quantitative estimate of drug-likeness (QED) is 0.529. The van der Waals surface area contributed by atoms with Crippen LogP contribution < -0.4 is 20.1 Å². The van der Waals surface area contributed by atoms with E-state index in [4.69, 9.17) is 32.7 Å². The summed E-state index contributed by atoms with van der Waals surface area (Å²) in [4.78, 5) is 29.6. The fraction of sp³-hybridized carbons (Fsp3) is 0.190. The zero-order valence-corrected chi connectivity index (χ0v) is 18.8. The number of aromatic nitrogens is 1. The lowest BCUT2D eigenvalue weighted by Crippen LogP contribution is -2.30. The standard InChI is InChI=1S/C21H17Cl2N3O4S/c1-10(30-16-6-4-13(22)8-14(16)23)20(28)26-21-25-19(11(2)31-21)12-3-5-17-15(7-12)24-18(27)9-29-17/h3-8,10H,9H2,1-2H3,(H,24,27)(H,25,26,28). The van der Waals surface area contributed by atoms with E-state index in [0.717, 1.165) is 10.4 Å². The zero-order valence-electron chi connectivity index (χ0n) is 16.5. The van der Waals surface area contributed by atoms with E-state index in [0.29, 0.717) is 38.1 Å². The number of amides is 2. The number of benzene rings is 2. The number of thiazole rings is 1. The topological polar surface area (TPSA) is 89.5 Å². The van der Waals surface area contributed by atoms with Crippen molar-refractivity contribution in [1.82, 2.24) is 4.98 Å². The smallest absolute Gasteiger partial charge is 0.266 e. The number of rotatable bonds is 5. The summed E-state index contributed by atoms with van der Waals surface area (Å²) in [5.41, 5.74) is 2.10. The molecule has 10 heteroatoms. The van der Waals surface area contributed by atoms with Gasteiger partial charge in [-0.15, -0.1) is 11.3 Å². The Hall–Kier alpha value is -2.81. The summed E-state index contributed by atoms with van der Waals surface area (Å²) in [7, 11) is 0. The van der Waals surface area contributed by atoms with Gasteiger partial charge in [0.1, 0.15) is 11.5 Å². The van der Waals surface area contributed by atoms with Gasteiger partial charge in [-0.2, -0.15) is 0 Å². The second kappa shape index (κ2) is 8.74. The molecule has 0 saturated heterocycles. The van der Waals surface area contributed by atoms with Crippen molar-refractivity contribution >= 4 is 57.2 Å². The molecular weight excluding hydrogens is 461 g/mol. The van der Waals surface area contributed by atoms with Crippen molar-refractivity contribution in [3.63, 3.8) is 0 Å². The first-order valence-corrected chi connectivity index (χ1v) is 10.8. The molecule has 2 N–H and O–H groups in total. The molecule has 0 aliphatic carbocycles. The molecule has 1 aromatic heterocycles. The van der Waals surface area contributed by atoms with Gasteiger partial charge in [0, 0.05) is 15.5 Å². The van der Waals surface area contributed by atoms with Crippen LogP contribution in [0.15, 0.2) is 36.4 Å². The minimum atomic E-state index is -0.803. The Morgan fingerprint density at radius 1 is 1.29 bits per heavy atom. The van der Waals surface area contributed by atoms with Crippen LogP contribution in [0.5, 0.6) is 11.5 Å². The van der Waals surface area contributed by atoms with Gasteiger partial charge in [0.15, 0.2) is 17.8 Å². The molecule has 1 aliphatic heterocycles. The van der Waals surface area contributed by atoms with Crippen molar-refractivity contribution in [2.24, 2.45) is 0 Å². The summed E-state index contributed by atoms with van der Waals surface area (Å²) in [6, 6.07) is 10.2. The average molecular weight is 478 g/mol. The lowest BCUT2D eigenvalue weighted by molar-refractivity contribution is -0.122. The molecule has 0 spiro atoms. The van der Waals surface area contributed by atoms with Gasteiger partial charge in [0.25, 0.3) is 11.8 Å². The van der Waals surface area contributed by atoms with Crippen LogP contribution in [0, 0.1) is 6.92 Å². The van der Waals surface area contributed by atoms with Crippen molar-refractivity contribution in [1.29, 1.82) is 0 Å². The van der Waals surface area contributed by atoms with E-state index in [2.05, 4.69) is 15.6 Å². The molecule has 4 rings (SSSR count). The number of aryl methyl sites for hydroxylation is 1. The van der Waals surface area contributed by atoms with Gasteiger partial charge in [-0.3, -0.25) is 14.9 Å². The molecule has 31 heavy (non-hydrogen) atoms. The summed E-state index contributed by atoms with van der Waals surface area (Å²) in [5, 5.41) is 6.79. The highest BCUT2D eigenvalue weighted by Gasteiger charge is 2.21. The van der Waals surface area contributed by atoms with Crippen molar-refractivity contribution in [3.8, 4) is 22.8 Å². The van der Waals surface area contributed by atoms with Gasteiger partial charge in [0.2, 0.25) is 0 Å². The number of nitrogens with zero attached hydrogens (tertiary/aromatic N) is 1. The summed E-state index contributed by atoms with van der Waals surface area (Å²) in [5.74, 6) is 0.402. The Morgan fingerprint density at radius 2 is 2.10 bits per heavy atom. The maximum absolute atomic E-state index is 12.6. The molecule has 1 unspecified atom stereocenters. The molecule has 0 radical (unpaired) electrons. The predicted octanol–water partition coefficient (Wildman–Crippen LogP) is 5.16. The van der Waals surface area contributed by atoms with Gasteiger partial charge in [-0.05, 0) is 50.2 Å². The van der Waals surface area contributed by atoms with Gasteiger partial charge < -0.3 is 14.8 Å². The zero-order chi connectivity index (χ0) is 22.1. The fourth-order valence-electron chi connectivity index (χ4n) is 2.97. The third kappa shape index (κ3) is 4.76. The van der Waals surface area contributed by atoms with Crippen molar-refractivity contribution in [3.05, 3.63) is 51.3 Å². The van der Waals surface area contributed by atoms with Gasteiger partial charge >= 0.3 is 0 Å². The molecule has 1 atom stereocenters. The molecule has 160 valence electrons. The number of anilines is 2. The summed E-state index contributed by atoms with van der Waals surface area (Å²) >= 11 is 13.3. The van der Waals surface area contributed by atoms with Gasteiger partial charge in [-0.1, -0.05) is 23.2 Å². The molecule has 0 saturated carbocycles. The second-order valence-electron chi connectivity index (χ2n) is 6.80. The number of ether oxygens (including phenoxy) is 2. The number of fused-ring (bicyclic) bond motifs is 1. The molecule has 0 fully saturated rings. The Morgan fingerprint density at radius 3 is 2.87 bits per heavy atom. The second-order valence-corrected chi connectivity index (χ2v) is 8.84. The first-order valence-electron chi connectivity index (χ1n) is 9.27. The SMILES string of the molecule is Cc1sc(NC(=O)C(C)Oc2ccc(Cl)cc2Cl)nc1-c1ccc2c(c1)NC(=O)CO2. The number of hydrogen-bond acceptors (Lipinski definition) is 6. The number of halogens is 2. The minimum Gasteiger partial charge on any atom is -0.482 e. The molecule has 2 aromatic carbocycles. The number of hydrogen-bond donors (Lipinski definition) is 2. The van der Waals surface area contributed by atoms with Crippen molar-refractivity contribution < 1.29 is 19.1 Å². The van der Waals surface area contributed by atoms with Crippen LogP contribution in [0.1, 0.15) is 11.8 Å². The Kier molecular flexibility index (Phi) is 6.04. The van der Waals surface area contributed by atoms with E-state index in [1.165, 1.54) is 11.3 Å². The first kappa shape index (κ1) is 21.4. The largest absolute Gasteiger partial charge is 0.482 e. The molecule has 3 aromatic rings. The lowest BCUT2D eigenvalue weighted by atomic mass is 10.1. The maximum atomic E-state index is 12.6. The Balaban J connectivity index is 1.48. The molecule has 2 amide bonds. The van der Waals surface area contributed by atoms with Crippen molar-refractivity contribution in [2.75, 3.05) is 17.2 Å². The van der Waals surface area contributed by atoms with E-state index in [1.807, 2.05) is 13.0 Å². The number of nitrogens with one attached hydrogen (secondary N) is 2. The first-order chi connectivity index (χ1) is 14.8. The van der Waals surface area contributed by atoms with Crippen LogP contribution in [-0.4, -0.2) is 29.5 Å². The summed E-state index contributed by atoms with van der Waals surface area (Å²) in [6.45, 7) is 3.53. The third-order valence-corrected chi connectivity index (χ3v) is 5.90. The highest BCUT2D eigenvalue weighted by atomic mass is 35.5. The van der Waals surface area contributed by atoms with E-state index in [-0.39, 0.29) is 18.4 Å². The Bertz CT molecular complexity index is 1180. The average Bonchev–Trinajstić information content (AvgIpc) is 3.09.